The van der Waals surface area contributed by atoms with Crippen LogP contribution in [0.3, 0.4) is 0 Å². The van der Waals surface area contributed by atoms with Crippen molar-refractivity contribution < 1.29 is 13.6 Å². The summed E-state index contributed by atoms with van der Waals surface area (Å²) in [7, 11) is 1.70. The first kappa shape index (κ1) is 22.9. The van der Waals surface area contributed by atoms with Crippen LogP contribution < -0.4 is 16.0 Å². The summed E-state index contributed by atoms with van der Waals surface area (Å²) in [5.41, 5.74) is 7.11. The molecule has 0 aliphatic rings. The SMILES string of the molecule is CCN(C/C=C\C(N)C(C)C)c1cn(C)c(C(=O)Nc2ccc(F)c(F)c2)c1Cl. The molecule has 29 heavy (non-hydrogen) atoms. The zero-order valence-electron chi connectivity index (χ0n) is 17.0. The zero-order valence-corrected chi connectivity index (χ0v) is 17.8. The molecule has 0 aliphatic carbocycles. The van der Waals surface area contributed by atoms with Crippen LogP contribution in [0.1, 0.15) is 31.3 Å². The van der Waals surface area contributed by atoms with Gasteiger partial charge >= 0.3 is 0 Å². The van der Waals surface area contributed by atoms with E-state index in [9.17, 15) is 13.6 Å². The molecule has 0 saturated heterocycles. The number of nitrogens with one attached hydrogen (secondary N) is 1. The van der Waals surface area contributed by atoms with E-state index in [4.69, 9.17) is 17.3 Å². The lowest BCUT2D eigenvalue weighted by molar-refractivity contribution is 0.101. The molecular weight excluding hydrogens is 398 g/mol. The minimum atomic E-state index is -1.04. The van der Waals surface area contributed by atoms with Gasteiger partial charge in [-0.3, -0.25) is 4.79 Å². The van der Waals surface area contributed by atoms with E-state index in [1.807, 2.05) is 24.0 Å². The average Bonchev–Trinajstić information content (AvgIpc) is 2.95. The molecule has 0 spiro atoms. The predicted octanol–water partition coefficient (Wildman–Crippen LogP) is 4.57. The number of benzene rings is 1. The van der Waals surface area contributed by atoms with E-state index in [0.717, 1.165) is 12.1 Å². The lowest BCUT2D eigenvalue weighted by atomic mass is 10.1. The molecule has 1 heterocycles. The molecule has 8 heteroatoms. The second-order valence-corrected chi connectivity index (χ2v) is 7.54. The molecule has 2 rings (SSSR count). The Morgan fingerprint density at radius 3 is 2.62 bits per heavy atom. The molecule has 0 bridgehead atoms. The smallest absolute Gasteiger partial charge is 0.273 e. The van der Waals surface area contributed by atoms with Crippen LogP contribution in [-0.4, -0.2) is 29.6 Å². The Hall–Kier alpha value is -2.38. The molecule has 0 fully saturated rings. The molecular formula is C21H27ClF2N4O. The van der Waals surface area contributed by atoms with Gasteiger partial charge in [-0.25, -0.2) is 8.78 Å². The Balaban J connectivity index is 2.21. The maximum absolute atomic E-state index is 13.4. The highest BCUT2D eigenvalue weighted by atomic mass is 35.5. The number of hydrogen-bond donors (Lipinski definition) is 2. The van der Waals surface area contributed by atoms with Crippen LogP contribution in [0, 0.1) is 17.6 Å². The van der Waals surface area contributed by atoms with E-state index in [2.05, 4.69) is 19.2 Å². The number of nitrogens with two attached hydrogens (primary N) is 1. The minimum Gasteiger partial charge on any atom is -0.366 e. The number of hydrogen-bond acceptors (Lipinski definition) is 3. The maximum Gasteiger partial charge on any atom is 0.273 e. The van der Waals surface area contributed by atoms with Crippen molar-refractivity contribution in [3.8, 4) is 0 Å². The van der Waals surface area contributed by atoms with Gasteiger partial charge < -0.3 is 20.5 Å². The van der Waals surface area contributed by atoms with Gasteiger partial charge in [-0.2, -0.15) is 0 Å². The fraction of sp³-hybridized carbons (Fsp3) is 0.381. The number of rotatable bonds is 8. The van der Waals surface area contributed by atoms with Gasteiger partial charge in [-0.15, -0.1) is 0 Å². The summed E-state index contributed by atoms with van der Waals surface area (Å²) in [6.07, 6.45) is 5.71. The van der Waals surface area contributed by atoms with Crippen LogP contribution in [0.15, 0.2) is 36.5 Å². The molecule has 0 aliphatic heterocycles. The second-order valence-electron chi connectivity index (χ2n) is 7.16. The lowest BCUT2D eigenvalue weighted by Crippen LogP contribution is -2.26. The molecule has 158 valence electrons. The third-order valence-electron chi connectivity index (χ3n) is 4.67. The zero-order chi connectivity index (χ0) is 21.7. The highest BCUT2D eigenvalue weighted by molar-refractivity contribution is 6.37. The number of nitrogens with zero attached hydrogens (tertiary/aromatic N) is 2. The van der Waals surface area contributed by atoms with Crippen LogP contribution in [0.4, 0.5) is 20.2 Å². The van der Waals surface area contributed by atoms with Gasteiger partial charge in [0.05, 0.1) is 10.7 Å². The summed E-state index contributed by atoms with van der Waals surface area (Å²) in [6.45, 7) is 7.36. The second kappa shape index (κ2) is 9.89. The number of aryl methyl sites for hydroxylation is 1. The van der Waals surface area contributed by atoms with Crippen molar-refractivity contribution in [3.63, 3.8) is 0 Å². The molecule has 1 aromatic carbocycles. The monoisotopic (exact) mass is 424 g/mol. The molecule has 1 atom stereocenters. The Morgan fingerprint density at radius 2 is 2.03 bits per heavy atom. The summed E-state index contributed by atoms with van der Waals surface area (Å²) in [4.78, 5) is 14.7. The third kappa shape index (κ3) is 5.58. The van der Waals surface area contributed by atoms with Crippen molar-refractivity contribution in [2.45, 2.75) is 26.8 Å². The van der Waals surface area contributed by atoms with Gasteiger partial charge in [0.1, 0.15) is 5.69 Å². The summed E-state index contributed by atoms with van der Waals surface area (Å²) in [5.74, 6) is -2.19. The first-order valence-electron chi connectivity index (χ1n) is 9.44. The maximum atomic E-state index is 13.4. The van der Waals surface area contributed by atoms with Gasteiger partial charge in [-0.05, 0) is 25.0 Å². The van der Waals surface area contributed by atoms with Crippen LogP contribution in [-0.2, 0) is 7.05 Å². The Labute approximate surface area is 175 Å². The van der Waals surface area contributed by atoms with Gasteiger partial charge in [-0.1, -0.05) is 37.6 Å². The summed E-state index contributed by atoms with van der Waals surface area (Å²) >= 11 is 6.51. The highest BCUT2D eigenvalue weighted by Crippen LogP contribution is 2.31. The van der Waals surface area contributed by atoms with Crippen molar-refractivity contribution in [2.75, 3.05) is 23.3 Å². The number of carbonyl (C=O) groups is 1. The molecule has 1 unspecified atom stereocenters. The van der Waals surface area contributed by atoms with E-state index in [0.29, 0.717) is 24.7 Å². The van der Waals surface area contributed by atoms with Gasteiger partial charge in [0.25, 0.3) is 5.91 Å². The standard InChI is InChI=1S/C21H27ClF2N4O/c1-5-28(10-6-7-17(25)13(2)3)18-12-27(4)20(19(18)22)21(29)26-14-8-9-15(23)16(24)11-14/h6-9,11-13,17H,5,10,25H2,1-4H3,(H,26,29)/b7-6-. The minimum absolute atomic E-state index is 0.0302. The first-order valence-corrected chi connectivity index (χ1v) is 9.81. The molecule has 2 aromatic rings. The lowest BCUT2D eigenvalue weighted by Gasteiger charge is -2.21. The Morgan fingerprint density at radius 1 is 1.34 bits per heavy atom. The largest absolute Gasteiger partial charge is 0.366 e. The topological polar surface area (TPSA) is 63.3 Å². The van der Waals surface area contributed by atoms with Gasteiger partial charge in [0.2, 0.25) is 0 Å². The van der Waals surface area contributed by atoms with E-state index in [-0.39, 0.29) is 22.4 Å². The van der Waals surface area contributed by atoms with E-state index in [1.54, 1.807) is 17.8 Å². The fourth-order valence-corrected chi connectivity index (χ4v) is 3.18. The number of carbonyl (C=O) groups excluding carboxylic acids is 1. The van der Waals surface area contributed by atoms with Crippen molar-refractivity contribution in [1.29, 1.82) is 0 Å². The number of aromatic nitrogens is 1. The third-order valence-corrected chi connectivity index (χ3v) is 5.04. The van der Waals surface area contributed by atoms with Gasteiger partial charge in [0.15, 0.2) is 11.6 Å². The van der Waals surface area contributed by atoms with Crippen molar-refractivity contribution >= 4 is 28.9 Å². The summed E-state index contributed by atoms with van der Waals surface area (Å²) in [6, 6.07) is 3.13. The summed E-state index contributed by atoms with van der Waals surface area (Å²) in [5, 5.41) is 2.84. The normalized spacial score (nSPS) is 12.6. The first-order chi connectivity index (χ1) is 13.6. The molecule has 0 radical (unpaired) electrons. The molecule has 1 aromatic heterocycles. The van der Waals surface area contributed by atoms with Crippen LogP contribution in [0.25, 0.3) is 0 Å². The van der Waals surface area contributed by atoms with Crippen LogP contribution >= 0.6 is 11.6 Å². The van der Waals surface area contributed by atoms with E-state index in [1.165, 1.54) is 6.07 Å². The van der Waals surface area contributed by atoms with Crippen LogP contribution in [0.2, 0.25) is 5.02 Å². The fourth-order valence-electron chi connectivity index (χ4n) is 2.79. The van der Waals surface area contributed by atoms with Gasteiger partial charge in [0, 0.05) is 44.1 Å². The van der Waals surface area contributed by atoms with E-state index >= 15 is 0 Å². The Bertz CT molecular complexity index is 895. The number of likely N-dealkylation sites (N-methyl/N-ethyl adjacent to an activating group) is 1. The number of halogens is 3. The average molecular weight is 425 g/mol. The Kier molecular flexibility index (Phi) is 7.81. The van der Waals surface area contributed by atoms with Crippen molar-refractivity contribution in [1.82, 2.24) is 4.57 Å². The quantitative estimate of drug-likeness (QED) is 0.610. The van der Waals surface area contributed by atoms with Crippen LogP contribution in [0.5, 0.6) is 0 Å². The highest BCUT2D eigenvalue weighted by Gasteiger charge is 2.22. The van der Waals surface area contributed by atoms with E-state index < -0.39 is 17.5 Å². The molecule has 1 amide bonds. The molecule has 3 N–H and O–H groups in total. The summed E-state index contributed by atoms with van der Waals surface area (Å²) < 4.78 is 28.1. The number of anilines is 2. The van der Waals surface area contributed by atoms with Crippen molar-refractivity contribution in [2.24, 2.45) is 18.7 Å². The number of amides is 1. The molecule has 0 saturated carbocycles. The predicted molar refractivity (Wildman–Crippen MR) is 115 cm³/mol. The van der Waals surface area contributed by atoms with Crippen molar-refractivity contribution in [3.05, 3.63) is 58.9 Å². The molecule has 5 nitrogen and oxygen atoms in total.